The highest BCUT2D eigenvalue weighted by Gasteiger charge is 2.28. The third kappa shape index (κ3) is 2.48. The Morgan fingerprint density at radius 1 is 1.15 bits per heavy atom. The van der Waals surface area contributed by atoms with Crippen LogP contribution in [0.2, 0.25) is 0 Å². The second kappa shape index (κ2) is 5.53. The van der Waals surface area contributed by atoms with Crippen LogP contribution in [-0.4, -0.2) is 43.0 Å². The van der Waals surface area contributed by atoms with Crippen molar-refractivity contribution in [2.45, 2.75) is 19.3 Å². The molecule has 2 amide bonds. The van der Waals surface area contributed by atoms with Crippen LogP contribution in [0.5, 0.6) is 5.75 Å². The molecule has 5 heteroatoms. The monoisotopic (exact) mass is 274 g/mol. The fourth-order valence-corrected chi connectivity index (χ4v) is 2.71. The maximum atomic E-state index is 12.3. The van der Waals surface area contributed by atoms with Crippen molar-refractivity contribution in [2.75, 3.05) is 31.1 Å². The normalized spacial score (nSPS) is 18.5. The standard InChI is InChI=1S/C15H18N2O3/c18-14(16-8-4-1-5-9-16)10-17-12-6-2-3-7-13(12)20-11-15(17)19/h2-3,6-7H,1,4-5,8-11H2. The molecule has 2 aliphatic rings. The number of para-hydroxylation sites is 2. The molecule has 0 bridgehead atoms. The van der Waals surface area contributed by atoms with E-state index in [1.165, 1.54) is 11.3 Å². The molecule has 1 saturated heterocycles. The van der Waals surface area contributed by atoms with Gasteiger partial charge in [0.1, 0.15) is 12.3 Å². The van der Waals surface area contributed by atoms with Crippen molar-refractivity contribution in [1.29, 1.82) is 0 Å². The van der Waals surface area contributed by atoms with Gasteiger partial charge in [-0.25, -0.2) is 0 Å². The molecule has 1 aromatic rings. The fraction of sp³-hybridized carbons (Fsp3) is 0.467. The topological polar surface area (TPSA) is 49.9 Å². The first-order valence-electron chi connectivity index (χ1n) is 7.06. The number of ether oxygens (including phenoxy) is 1. The van der Waals surface area contributed by atoms with Crippen LogP contribution in [-0.2, 0) is 9.59 Å². The lowest BCUT2D eigenvalue weighted by atomic mass is 10.1. The number of hydrogen-bond acceptors (Lipinski definition) is 3. The minimum atomic E-state index is -0.158. The Bertz CT molecular complexity index is 524. The summed E-state index contributed by atoms with van der Waals surface area (Å²) >= 11 is 0. The lowest BCUT2D eigenvalue weighted by Crippen LogP contribution is -2.47. The summed E-state index contributed by atoms with van der Waals surface area (Å²) in [6.45, 7) is 1.72. The van der Waals surface area contributed by atoms with Crippen LogP contribution in [0.4, 0.5) is 5.69 Å². The zero-order valence-electron chi connectivity index (χ0n) is 11.4. The number of amides is 2. The number of nitrogens with zero attached hydrogens (tertiary/aromatic N) is 2. The second-order valence-electron chi connectivity index (χ2n) is 5.18. The largest absolute Gasteiger partial charge is 0.482 e. The Hall–Kier alpha value is -2.04. The van der Waals surface area contributed by atoms with Gasteiger partial charge in [-0.1, -0.05) is 12.1 Å². The molecule has 0 atom stereocenters. The van der Waals surface area contributed by atoms with Crippen LogP contribution in [0.1, 0.15) is 19.3 Å². The summed E-state index contributed by atoms with van der Waals surface area (Å²) in [5, 5.41) is 0. The van der Waals surface area contributed by atoms with E-state index in [1.807, 2.05) is 29.2 Å². The number of carbonyl (C=O) groups is 2. The zero-order chi connectivity index (χ0) is 13.9. The average Bonchev–Trinajstić information content (AvgIpc) is 2.51. The van der Waals surface area contributed by atoms with E-state index in [4.69, 9.17) is 4.74 Å². The lowest BCUT2D eigenvalue weighted by molar-refractivity contribution is -0.132. The van der Waals surface area contributed by atoms with Crippen molar-refractivity contribution >= 4 is 17.5 Å². The molecule has 0 spiro atoms. The van der Waals surface area contributed by atoms with Crippen LogP contribution >= 0.6 is 0 Å². The highest BCUT2D eigenvalue weighted by Crippen LogP contribution is 2.31. The van der Waals surface area contributed by atoms with Crippen LogP contribution in [0, 0.1) is 0 Å². The molecule has 0 N–H and O–H groups in total. The van der Waals surface area contributed by atoms with Gasteiger partial charge in [0.25, 0.3) is 5.91 Å². The number of anilines is 1. The van der Waals surface area contributed by atoms with Crippen LogP contribution in [0.3, 0.4) is 0 Å². The molecule has 0 aromatic heterocycles. The van der Waals surface area contributed by atoms with Crippen LogP contribution in [0.25, 0.3) is 0 Å². The molecular weight excluding hydrogens is 256 g/mol. The molecule has 106 valence electrons. The maximum Gasteiger partial charge on any atom is 0.265 e. The number of carbonyl (C=O) groups excluding carboxylic acids is 2. The summed E-state index contributed by atoms with van der Waals surface area (Å²) in [5.74, 6) is 0.530. The van der Waals surface area contributed by atoms with Crippen molar-refractivity contribution < 1.29 is 14.3 Å². The van der Waals surface area contributed by atoms with Crippen LogP contribution < -0.4 is 9.64 Å². The summed E-state index contributed by atoms with van der Waals surface area (Å²) in [6.07, 6.45) is 3.29. The van der Waals surface area contributed by atoms with Crippen molar-refractivity contribution in [1.82, 2.24) is 4.90 Å². The summed E-state index contributed by atoms with van der Waals surface area (Å²) in [7, 11) is 0. The molecule has 2 aliphatic heterocycles. The van der Waals surface area contributed by atoms with Crippen molar-refractivity contribution in [3.8, 4) is 5.75 Å². The van der Waals surface area contributed by atoms with E-state index in [0.717, 1.165) is 25.9 Å². The molecule has 0 radical (unpaired) electrons. The summed E-state index contributed by atoms with van der Waals surface area (Å²) in [6, 6.07) is 7.34. The summed E-state index contributed by atoms with van der Waals surface area (Å²) < 4.78 is 5.38. The predicted octanol–water partition coefficient (Wildman–Crippen LogP) is 1.42. The smallest absolute Gasteiger partial charge is 0.265 e. The highest BCUT2D eigenvalue weighted by molar-refractivity contribution is 6.02. The van der Waals surface area contributed by atoms with Gasteiger partial charge in [-0.2, -0.15) is 0 Å². The SMILES string of the molecule is O=C(CN1C(=O)COc2ccccc21)N1CCCCC1. The Kier molecular flexibility index (Phi) is 3.58. The molecule has 20 heavy (non-hydrogen) atoms. The molecule has 1 fully saturated rings. The van der Waals surface area contributed by atoms with E-state index in [9.17, 15) is 9.59 Å². The Morgan fingerprint density at radius 2 is 1.90 bits per heavy atom. The minimum absolute atomic E-state index is 0.00426. The maximum absolute atomic E-state index is 12.3. The van der Waals surface area contributed by atoms with E-state index in [0.29, 0.717) is 11.4 Å². The lowest BCUT2D eigenvalue weighted by Gasteiger charge is -2.32. The Balaban J connectivity index is 1.76. The van der Waals surface area contributed by atoms with Crippen molar-refractivity contribution in [2.24, 2.45) is 0 Å². The third-order valence-electron chi connectivity index (χ3n) is 3.81. The van der Waals surface area contributed by atoms with Gasteiger partial charge in [0.2, 0.25) is 5.91 Å². The predicted molar refractivity (Wildman–Crippen MR) is 74.7 cm³/mol. The van der Waals surface area contributed by atoms with Gasteiger partial charge in [-0.05, 0) is 31.4 Å². The molecule has 1 aromatic carbocycles. The molecule has 0 saturated carbocycles. The van der Waals surface area contributed by atoms with Crippen LogP contribution in [0.15, 0.2) is 24.3 Å². The Labute approximate surface area is 118 Å². The van der Waals surface area contributed by atoms with E-state index < -0.39 is 0 Å². The molecule has 0 aliphatic carbocycles. The second-order valence-corrected chi connectivity index (χ2v) is 5.18. The van der Waals surface area contributed by atoms with E-state index in [-0.39, 0.29) is 25.0 Å². The molecule has 2 heterocycles. The van der Waals surface area contributed by atoms with Gasteiger partial charge in [-0.15, -0.1) is 0 Å². The average molecular weight is 274 g/mol. The quantitative estimate of drug-likeness (QED) is 0.819. The number of rotatable bonds is 2. The molecule has 0 unspecified atom stereocenters. The first-order chi connectivity index (χ1) is 9.75. The number of benzene rings is 1. The summed E-state index contributed by atoms with van der Waals surface area (Å²) in [4.78, 5) is 27.7. The Morgan fingerprint density at radius 3 is 2.70 bits per heavy atom. The first kappa shape index (κ1) is 13.0. The fourth-order valence-electron chi connectivity index (χ4n) is 2.71. The number of likely N-dealkylation sites (tertiary alicyclic amines) is 1. The third-order valence-corrected chi connectivity index (χ3v) is 3.81. The highest BCUT2D eigenvalue weighted by atomic mass is 16.5. The van der Waals surface area contributed by atoms with Crippen molar-refractivity contribution in [3.63, 3.8) is 0 Å². The summed E-state index contributed by atoms with van der Waals surface area (Å²) in [5.41, 5.74) is 0.689. The molecule has 3 rings (SSSR count). The number of hydrogen-bond donors (Lipinski definition) is 0. The number of fused-ring (bicyclic) bond motifs is 1. The minimum Gasteiger partial charge on any atom is -0.482 e. The van der Waals surface area contributed by atoms with E-state index in [2.05, 4.69) is 0 Å². The van der Waals surface area contributed by atoms with Gasteiger partial charge in [0.05, 0.1) is 5.69 Å². The van der Waals surface area contributed by atoms with Gasteiger partial charge in [0.15, 0.2) is 6.61 Å². The number of piperidine rings is 1. The van der Waals surface area contributed by atoms with Gasteiger partial charge >= 0.3 is 0 Å². The van der Waals surface area contributed by atoms with Gasteiger partial charge in [0, 0.05) is 13.1 Å². The molecular formula is C15H18N2O3. The van der Waals surface area contributed by atoms with Gasteiger partial charge in [-0.3, -0.25) is 14.5 Å². The van der Waals surface area contributed by atoms with E-state index >= 15 is 0 Å². The molecule has 5 nitrogen and oxygen atoms in total. The van der Waals surface area contributed by atoms with Crippen molar-refractivity contribution in [3.05, 3.63) is 24.3 Å². The van der Waals surface area contributed by atoms with E-state index in [1.54, 1.807) is 0 Å². The zero-order valence-corrected chi connectivity index (χ0v) is 11.4. The first-order valence-corrected chi connectivity index (χ1v) is 7.06. The van der Waals surface area contributed by atoms with Gasteiger partial charge < -0.3 is 9.64 Å².